The van der Waals surface area contributed by atoms with Crippen molar-refractivity contribution in [3.63, 3.8) is 0 Å². The number of piperazine rings is 1. The molecule has 0 amide bonds. The van der Waals surface area contributed by atoms with Gasteiger partial charge in [0.1, 0.15) is 0 Å². The molecule has 1 aliphatic heterocycles. The van der Waals surface area contributed by atoms with Crippen LogP contribution < -0.4 is 0 Å². The predicted molar refractivity (Wildman–Crippen MR) is 76.4 cm³/mol. The first-order valence-corrected chi connectivity index (χ1v) is 6.99. The second kappa shape index (κ2) is 5.25. The van der Waals surface area contributed by atoms with Gasteiger partial charge in [0.15, 0.2) is 0 Å². The highest BCUT2D eigenvalue weighted by Crippen LogP contribution is 2.30. The molecule has 0 aromatic heterocycles. The van der Waals surface area contributed by atoms with Gasteiger partial charge in [-0.15, -0.1) is 0 Å². The summed E-state index contributed by atoms with van der Waals surface area (Å²) in [5.74, 6) is 0. The van der Waals surface area contributed by atoms with Gasteiger partial charge in [-0.25, -0.2) is 0 Å². The summed E-state index contributed by atoms with van der Waals surface area (Å²) in [6, 6.07) is 9.09. The van der Waals surface area contributed by atoms with Crippen LogP contribution in [-0.4, -0.2) is 43.0 Å². The van der Waals surface area contributed by atoms with Crippen molar-refractivity contribution >= 4 is 6.08 Å². The third-order valence-electron chi connectivity index (χ3n) is 3.89. The van der Waals surface area contributed by atoms with Crippen molar-refractivity contribution in [1.82, 2.24) is 9.80 Å². The monoisotopic (exact) mass is 242 g/mol. The summed E-state index contributed by atoms with van der Waals surface area (Å²) in [5, 5.41) is 0. The molecule has 2 fully saturated rings. The van der Waals surface area contributed by atoms with Crippen molar-refractivity contribution in [2.75, 3.05) is 33.2 Å². The Labute approximate surface area is 110 Å². The fourth-order valence-corrected chi connectivity index (χ4v) is 2.44. The lowest BCUT2D eigenvalue weighted by Crippen LogP contribution is -2.43. The summed E-state index contributed by atoms with van der Waals surface area (Å²) < 4.78 is 0. The van der Waals surface area contributed by atoms with Crippen LogP contribution in [0.5, 0.6) is 0 Å². The van der Waals surface area contributed by atoms with E-state index < -0.39 is 0 Å². The lowest BCUT2D eigenvalue weighted by Gasteiger charge is -2.32. The Kier molecular flexibility index (Phi) is 3.48. The standard InChI is InChI=1S/C16H22N2/c1-17-8-10-18(11-9-17)13-16-6-4-15(5-7-16)12-14-2-3-14/h4-7,12H,2-3,8-11,13H2,1H3. The first-order valence-electron chi connectivity index (χ1n) is 6.99. The molecule has 2 nitrogen and oxygen atoms in total. The van der Waals surface area contributed by atoms with Crippen LogP contribution in [0.15, 0.2) is 29.8 Å². The molecule has 3 rings (SSSR count). The number of nitrogens with zero attached hydrogens (tertiary/aromatic N) is 2. The molecule has 1 aliphatic carbocycles. The summed E-state index contributed by atoms with van der Waals surface area (Å²) in [4.78, 5) is 4.95. The topological polar surface area (TPSA) is 6.48 Å². The van der Waals surface area contributed by atoms with Gasteiger partial charge in [-0.2, -0.15) is 0 Å². The summed E-state index contributed by atoms with van der Waals surface area (Å²) in [7, 11) is 2.21. The first-order chi connectivity index (χ1) is 8.79. The van der Waals surface area contributed by atoms with Gasteiger partial charge in [0.25, 0.3) is 0 Å². The molecule has 1 heterocycles. The van der Waals surface area contributed by atoms with Crippen molar-refractivity contribution in [1.29, 1.82) is 0 Å². The van der Waals surface area contributed by atoms with E-state index in [1.54, 1.807) is 5.57 Å². The third-order valence-corrected chi connectivity index (χ3v) is 3.89. The maximum Gasteiger partial charge on any atom is 0.0234 e. The average Bonchev–Trinajstić information content (AvgIpc) is 3.19. The smallest absolute Gasteiger partial charge is 0.0234 e. The zero-order chi connectivity index (χ0) is 12.4. The van der Waals surface area contributed by atoms with Crippen molar-refractivity contribution in [2.45, 2.75) is 19.4 Å². The SMILES string of the molecule is CN1CCN(Cc2ccc(C=C3CC3)cc2)CC1. The summed E-state index contributed by atoms with van der Waals surface area (Å²) in [5.41, 5.74) is 4.41. The van der Waals surface area contributed by atoms with Crippen LogP contribution in [0.4, 0.5) is 0 Å². The molecular formula is C16H22N2. The van der Waals surface area contributed by atoms with E-state index in [2.05, 4.69) is 47.2 Å². The number of rotatable bonds is 3. The Morgan fingerprint density at radius 3 is 2.28 bits per heavy atom. The van der Waals surface area contributed by atoms with Crippen LogP contribution in [0.25, 0.3) is 6.08 Å². The van der Waals surface area contributed by atoms with Gasteiger partial charge >= 0.3 is 0 Å². The molecule has 18 heavy (non-hydrogen) atoms. The van der Waals surface area contributed by atoms with Gasteiger partial charge in [-0.1, -0.05) is 35.9 Å². The van der Waals surface area contributed by atoms with Crippen molar-refractivity contribution in [2.24, 2.45) is 0 Å². The van der Waals surface area contributed by atoms with Gasteiger partial charge in [0.05, 0.1) is 0 Å². The van der Waals surface area contributed by atoms with E-state index in [0.29, 0.717) is 0 Å². The maximum absolute atomic E-state index is 2.55. The highest BCUT2D eigenvalue weighted by molar-refractivity contribution is 5.56. The fraction of sp³-hybridized carbons (Fsp3) is 0.500. The van der Waals surface area contributed by atoms with Crippen LogP contribution in [0.1, 0.15) is 24.0 Å². The molecule has 0 atom stereocenters. The maximum atomic E-state index is 2.55. The number of hydrogen-bond donors (Lipinski definition) is 0. The van der Waals surface area contributed by atoms with Crippen molar-refractivity contribution < 1.29 is 0 Å². The quantitative estimate of drug-likeness (QED) is 0.804. The van der Waals surface area contributed by atoms with Crippen LogP contribution in [0.2, 0.25) is 0 Å². The van der Waals surface area contributed by atoms with E-state index >= 15 is 0 Å². The Bertz CT molecular complexity index is 419. The van der Waals surface area contributed by atoms with E-state index in [1.165, 1.54) is 50.1 Å². The summed E-state index contributed by atoms with van der Waals surface area (Å²) in [6.07, 6.45) is 4.95. The van der Waals surface area contributed by atoms with Gasteiger partial charge in [-0.05, 0) is 31.0 Å². The lowest BCUT2D eigenvalue weighted by molar-refractivity contribution is 0.148. The highest BCUT2D eigenvalue weighted by Gasteiger charge is 2.14. The summed E-state index contributed by atoms with van der Waals surface area (Å²) >= 11 is 0. The van der Waals surface area contributed by atoms with Crippen molar-refractivity contribution in [3.8, 4) is 0 Å². The molecule has 0 unspecified atom stereocenters. The molecule has 1 saturated carbocycles. The van der Waals surface area contributed by atoms with E-state index in [4.69, 9.17) is 0 Å². The Hall–Kier alpha value is -1.12. The minimum Gasteiger partial charge on any atom is -0.304 e. The van der Waals surface area contributed by atoms with Crippen LogP contribution in [0.3, 0.4) is 0 Å². The van der Waals surface area contributed by atoms with Crippen molar-refractivity contribution in [3.05, 3.63) is 41.0 Å². The van der Waals surface area contributed by atoms with E-state index in [9.17, 15) is 0 Å². The second-order valence-corrected chi connectivity index (χ2v) is 5.62. The predicted octanol–water partition coefficient (Wildman–Crippen LogP) is 2.61. The molecule has 2 heteroatoms. The first kappa shape index (κ1) is 11.9. The average molecular weight is 242 g/mol. The molecule has 96 valence electrons. The number of likely N-dealkylation sites (N-methyl/N-ethyl adjacent to an activating group) is 1. The van der Waals surface area contributed by atoms with Crippen LogP contribution >= 0.6 is 0 Å². The van der Waals surface area contributed by atoms with Gasteiger partial charge in [0.2, 0.25) is 0 Å². The normalized spacial score (nSPS) is 21.1. The minimum absolute atomic E-state index is 1.10. The van der Waals surface area contributed by atoms with Crippen LogP contribution in [0, 0.1) is 0 Å². The largest absolute Gasteiger partial charge is 0.304 e. The number of benzene rings is 1. The molecule has 0 spiro atoms. The molecule has 1 aromatic carbocycles. The Balaban J connectivity index is 1.57. The zero-order valence-electron chi connectivity index (χ0n) is 11.2. The number of hydrogen-bond acceptors (Lipinski definition) is 2. The Morgan fingerprint density at radius 2 is 1.67 bits per heavy atom. The summed E-state index contributed by atoms with van der Waals surface area (Å²) in [6.45, 7) is 5.89. The molecule has 1 saturated heterocycles. The molecular weight excluding hydrogens is 220 g/mol. The van der Waals surface area contributed by atoms with E-state index in [1.807, 2.05) is 0 Å². The molecule has 0 radical (unpaired) electrons. The molecule has 0 N–H and O–H groups in total. The van der Waals surface area contributed by atoms with Gasteiger partial charge < -0.3 is 4.90 Å². The molecule has 1 aromatic rings. The van der Waals surface area contributed by atoms with Gasteiger partial charge in [0, 0.05) is 32.7 Å². The van der Waals surface area contributed by atoms with E-state index in [-0.39, 0.29) is 0 Å². The zero-order valence-corrected chi connectivity index (χ0v) is 11.2. The third kappa shape index (κ3) is 3.21. The number of allylic oxidation sites excluding steroid dienone is 1. The van der Waals surface area contributed by atoms with Gasteiger partial charge in [-0.3, -0.25) is 4.90 Å². The second-order valence-electron chi connectivity index (χ2n) is 5.62. The molecule has 2 aliphatic rings. The molecule has 0 bridgehead atoms. The fourth-order valence-electron chi connectivity index (χ4n) is 2.44. The van der Waals surface area contributed by atoms with Crippen LogP contribution in [-0.2, 0) is 6.54 Å². The Morgan fingerprint density at radius 1 is 1.00 bits per heavy atom. The van der Waals surface area contributed by atoms with E-state index in [0.717, 1.165) is 6.54 Å². The highest BCUT2D eigenvalue weighted by atomic mass is 15.2. The minimum atomic E-state index is 1.10. The lowest BCUT2D eigenvalue weighted by atomic mass is 10.1.